The minimum Gasteiger partial charge on any atom is -0.347 e. The van der Waals surface area contributed by atoms with Gasteiger partial charge in [-0.05, 0) is 16.8 Å². The van der Waals surface area contributed by atoms with Crippen LogP contribution in [0.25, 0.3) is 10.8 Å². The van der Waals surface area contributed by atoms with Gasteiger partial charge in [0.1, 0.15) is 0 Å². The average Bonchev–Trinajstić information content (AvgIpc) is 2.28. The highest BCUT2D eigenvalue weighted by atomic mass is 32.3. The maximum Gasteiger partial charge on any atom is 0.0424 e. The number of hydrogen-bond acceptors (Lipinski definition) is 1. The zero-order chi connectivity index (χ0) is 11.8. The molecule has 2 radical (unpaired) electrons. The zero-order valence-corrected chi connectivity index (χ0v) is 10.4. The minimum absolute atomic E-state index is 0.0540. The Labute approximate surface area is 98.6 Å². The molecule has 0 amide bonds. The Morgan fingerprint density at radius 1 is 1.06 bits per heavy atom. The largest absolute Gasteiger partial charge is 0.347 e. The molecular weight excluding hydrogens is 216 g/mol. The lowest BCUT2D eigenvalue weighted by Crippen LogP contribution is -2.08. The number of fused-ring (bicyclic) bond motifs is 1. The first-order chi connectivity index (χ1) is 7.53. The molecule has 2 aromatic carbocycles. The maximum atomic E-state index is 10.4. The van der Waals surface area contributed by atoms with Crippen molar-refractivity contribution in [1.29, 1.82) is 0 Å². The molecule has 84 valence electrons. The van der Waals surface area contributed by atoms with E-state index in [0.717, 1.165) is 15.7 Å². The smallest absolute Gasteiger partial charge is 0.0424 e. The Morgan fingerprint density at radius 3 is 2.38 bits per heavy atom. The molecule has 0 aliphatic heterocycles. The molecule has 0 heterocycles. The quantitative estimate of drug-likeness (QED) is 0.805. The fourth-order valence-electron chi connectivity index (χ4n) is 1.73. The van der Waals surface area contributed by atoms with Crippen LogP contribution in [0.5, 0.6) is 0 Å². The van der Waals surface area contributed by atoms with Gasteiger partial charge in [-0.25, -0.2) is 0 Å². The predicted molar refractivity (Wildman–Crippen MR) is 71.9 cm³/mol. The summed E-state index contributed by atoms with van der Waals surface area (Å²) in [6.45, 7) is 3.91. The molecule has 0 aliphatic carbocycles. The van der Waals surface area contributed by atoms with Crippen LogP contribution in [0.4, 0.5) is 0 Å². The second-order valence-electron chi connectivity index (χ2n) is 4.20. The molecule has 0 bridgehead atoms. The molecule has 1 nitrogen and oxygen atoms in total. The highest BCUT2D eigenvalue weighted by Crippen LogP contribution is 2.56. The van der Waals surface area contributed by atoms with Crippen LogP contribution in [-0.4, -0.2) is 9.80 Å². The van der Waals surface area contributed by atoms with Crippen LogP contribution in [0.15, 0.2) is 47.4 Å². The molecule has 1 N–H and O–H groups in total. The van der Waals surface area contributed by atoms with Gasteiger partial charge in [0.25, 0.3) is 0 Å². The van der Waals surface area contributed by atoms with Gasteiger partial charge in [0, 0.05) is 16.4 Å². The number of benzene rings is 2. The highest BCUT2D eigenvalue weighted by molar-refractivity contribution is 8.30. The van der Waals surface area contributed by atoms with Crippen LogP contribution in [0.2, 0.25) is 0 Å². The van der Waals surface area contributed by atoms with E-state index < -0.39 is 10.3 Å². The van der Waals surface area contributed by atoms with E-state index in [1.54, 1.807) is 0 Å². The summed E-state index contributed by atoms with van der Waals surface area (Å²) in [6.07, 6.45) is 6.09. The topological polar surface area (TPSA) is 20.2 Å². The van der Waals surface area contributed by atoms with Gasteiger partial charge in [-0.1, -0.05) is 50.2 Å². The van der Waals surface area contributed by atoms with E-state index in [-0.39, 0.29) is 5.25 Å². The lowest BCUT2D eigenvalue weighted by molar-refractivity contribution is 0.624. The minimum atomic E-state index is -2.20. The molecule has 2 rings (SSSR count). The van der Waals surface area contributed by atoms with E-state index in [4.69, 9.17) is 6.26 Å². The van der Waals surface area contributed by atoms with Crippen molar-refractivity contribution in [3.05, 3.63) is 48.7 Å². The predicted octanol–water partition coefficient (Wildman–Crippen LogP) is 4.55. The van der Waals surface area contributed by atoms with E-state index >= 15 is 0 Å². The van der Waals surface area contributed by atoms with Crippen molar-refractivity contribution in [3.8, 4) is 0 Å². The van der Waals surface area contributed by atoms with Gasteiger partial charge in [-0.15, -0.1) is 10.3 Å². The van der Waals surface area contributed by atoms with Gasteiger partial charge in [-0.2, -0.15) is 0 Å². The second-order valence-corrected chi connectivity index (χ2v) is 6.93. The molecule has 0 saturated carbocycles. The van der Waals surface area contributed by atoms with Gasteiger partial charge in [0.2, 0.25) is 0 Å². The standard InChI is InChI=1S/C14H16OS/c1-11(2)16(3,15)14-10-6-8-12-7-4-5-9-13(12)14/h3-11,15H,1-2H3. The summed E-state index contributed by atoms with van der Waals surface area (Å²) in [5.74, 6) is 0. The fraction of sp³-hybridized carbons (Fsp3) is 0.214. The Morgan fingerprint density at radius 2 is 1.69 bits per heavy atom. The first-order valence-electron chi connectivity index (χ1n) is 5.33. The molecule has 0 aliphatic rings. The Balaban J connectivity index is 2.70. The van der Waals surface area contributed by atoms with Crippen molar-refractivity contribution in [1.82, 2.24) is 0 Å². The van der Waals surface area contributed by atoms with Gasteiger partial charge in [0.05, 0.1) is 0 Å². The molecule has 0 spiro atoms. The summed E-state index contributed by atoms with van der Waals surface area (Å²) in [4.78, 5) is 0.876. The van der Waals surface area contributed by atoms with Crippen LogP contribution in [0, 0.1) is 6.26 Å². The monoisotopic (exact) mass is 232 g/mol. The Kier molecular flexibility index (Phi) is 2.96. The van der Waals surface area contributed by atoms with Crippen molar-refractivity contribution >= 4 is 21.1 Å². The van der Waals surface area contributed by atoms with E-state index in [9.17, 15) is 4.55 Å². The second kappa shape index (κ2) is 4.11. The van der Waals surface area contributed by atoms with Gasteiger partial charge in [0.15, 0.2) is 0 Å². The summed E-state index contributed by atoms with van der Waals surface area (Å²) >= 11 is 0. The molecule has 1 unspecified atom stereocenters. The highest BCUT2D eigenvalue weighted by Gasteiger charge is 2.23. The molecule has 2 heteroatoms. The summed E-state index contributed by atoms with van der Waals surface area (Å²) in [6, 6.07) is 13.9. The third kappa shape index (κ3) is 1.83. The summed E-state index contributed by atoms with van der Waals surface area (Å²) in [7, 11) is -2.20. The van der Waals surface area contributed by atoms with Crippen LogP contribution in [0.3, 0.4) is 0 Å². The number of hydrogen-bond donors (Lipinski definition) is 1. The van der Waals surface area contributed by atoms with E-state index in [0.29, 0.717) is 0 Å². The molecule has 0 fully saturated rings. The van der Waals surface area contributed by atoms with Crippen LogP contribution >= 0.6 is 10.3 Å². The summed E-state index contributed by atoms with van der Waals surface area (Å²) in [5.41, 5.74) is 0. The van der Waals surface area contributed by atoms with Gasteiger partial charge >= 0.3 is 0 Å². The van der Waals surface area contributed by atoms with Gasteiger partial charge in [-0.3, -0.25) is 0 Å². The third-order valence-electron chi connectivity index (χ3n) is 2.82. The third-order valence-corrected chi connectivity index (χ3v) is 5.32. The van der Waals surface area contributed by atoms with Gasteiger partial charge < -0.3 is 4.55 Å². The van der Waals surface area contributed by atoms with Crippen molar-refractivity contribution in [3.63, 3.8) is 0 Å². The number of rotatable bonds is 2. The lowest BCUT2D eigenvalue weighted by Gasteiger charge is -2.34. The normalized spacial score (nSPS) is 17.3. The summed E-state index contributed by atoms with van der Waals surface area (Å²) < 4.78 is 10.4. The van der Waals surface area contributed by atoms with Crippen molar-refractivity contribution in [2.45, 2.75) is 24.0 Å². The lowest BCUT2D eigenvalue weighted by atomic mass is 10.1. The molecule has 1 atom stereocenters. The average molecular weight is 232 g/mol. The first kappa shape index (κ1) is 11.5. The molecular formula is C14H16OS. The SMILES string of the molecule is [CH]S(O)(c1cccc2ccccc12)C(C)C. The van der Waals surface area contributed by atoms with E-state index in [2.05, 4.69) is 0 Å². The Hall–Kier alpha value is -0.990. The fourth-order valence-corrected chi connectivity index (χ4v) is 3.08. The van der Waals surface area contributed by atoms with Crippen LogP contribution in [0.1, 0.15) is 13.8 Å². The van der Waals surface area contributed by atoms with Crippen molar-refractivity contribution in [2.75, 3.05) is 0 Å². The van der Waals surface area contributed by atoms with Crippen molar-refractivity contribution < 1.29 is 4.55 Å². The van der Waals surface area contributed by atoms with E-state index in [1.807, 2.05) is 56.3 Å². The molecule has 2 aromatic rings. The van der Waals surface area contributed by atoms with Crippen molar-refractivity contribution in [2.24, 2.45) is 0 Å². The first-order valence-corrected chi connectivity index (χ1v) is 7.05. The maximum absolute atomic E-state index is 10.4. The molecule has 0 saturated heterocycles. The molecule has 16 heavy (non-hydrogen) atoms. The Bertz CT molecular complexity index is 498. The molecule has 0 aromatic heterocycles. The van der Waals surface area contributed by atoms with Crippen LogP contribution in [-0.2, 0) is 0 Å². The summed E-state index contributed by atoms with van der Waals surface area (Å²) in [5, 5.41) is 2.23. The van der Waals surface area contributed by atoms with Crippen LogP contribution < -0.4 is 0 Å². The van der Waals surface area contributed by atoms with E-state index in [1.165, 1.54) is 0 Å². The zero-order valence-electron chi connectivity index (χ0n) is 9.55.